The molecule has 1 unspecified atom stereocenters. The molecule has 1 fully saturated rings. The monoisotopic (exact) mass is 314 g/mol. The van der Waals surface area contributed by atoms with Crippen molar-refractivity contribution in [2.45, 2.75) is 17.4 Å². The second-order valence-corrected chi connectivity index (χ2v) is 6.39. The third-order valence-electron chi connectivity index (χ3n) is 3.36. The number of nitrogens with one attached hydrogen (secondary N) is 1. The summed E-state index contributed by atoms with van der Waals surface area (Å²) in [6.45, 7) is 1.28. The van der Waals surface area contributed by atoms with E-state index < -0.39 is 16.1 Å². The standard InChI is InChI=1S/C12H18N4O4S/c1-20-12(17)15-8-4-5-16(7-8)11-3-2-9(6-10(11)13)21(14,18)19/h2-3,6,8H,4-5,7,13H2,1H3,(H,15,17)(H2,14,18,19). The molecule has 2 rings (SSSR count). The third kappa shape index (κ3) is 3.56. The lowest BCUT2D eigenvalue weighted by Crippen LogP contribution is -2.37. The first-order chi connectivity index (χ1) is 9.81. The minimum absolute atomic E-state index is 0.0211. The van der Waals surface area contributed by atoms with Crippen LogP contribution in [0.5, 0.6) is 0 Å². The van der Waals surface area contributed by atoms with Crippen LogP contribution in [0.15, 0.2) is 23.1 Å². The second kappa shape index (κ2) is 5.78. The predicted molar refractivity (Wildman–Crippen MR) is 78.4 cm³/mol. The molecule has 21 heavy (non-hydrogen) atoms. The Kier molecular flexibility index (Phi) is 4.24. The number of anilines is 2. The van der Waals surface area contributed by atoms with Crippen LogP contribution >= 0.6 is 0 Å². The number of alkyl carbamates (subject to hydrolysis) is 1. The number of benzene rings is 1. The SMILES string of the molecule is COC(=O)NC1CCN(c2ccc(S(N)(=O)=O)cc2N)C1. The van der Waals surface area contributed by atoms with Gasteiger partial charge in [-0.2, -0.15) is 0 Å². The summed E-state index contributed by atoms with van der Waals surface area (Å²) in [5, 5.41) is 7.79. The molecular formula is C12H18N4O4S. The number of amides is 1. The highest BCUT2D eigenvalue weighted by molar-refractivity contribution is 7.89. The number of nitrogens with two attached hydrogens (primary N) is 2. The fourth-order valence-corrected chi connectivity index (χ4v) is 2.87. The van der Waals surface area contributed by atoms with Crippen LogP contribution in [0.3, 0.4) is 0 Å². The number of methoxy groups -OCH3 is 1. The molecule has 1 aromatic carbocycles. The van der Waals surface area contributed by atoms with E-state index in [4.69, 9.17) is 10.9 Å². The van der Waals surface area contributed by atoms with Gasteiger partial charge in [-0.1, -0.05) is 0 Å². The van der Waals surface area contributed by atoms with Gasteiger partial charge in [-0.05, 0) is 24.6 Å². The molecule has 1 aliphatic heterocycles. The summed E-state index contributed by atoms with van der Waals surface area (Å²) in [6.07, 6.45) is 0.283. The predicted octanol–water partition coefficient (Wildman–Crippen LogP) is -0.149. The van der Waals surface area contributed by atoms with Gasteiger partial charge in [0, 0.05) is 13.1 Å². The van der Waals surface area contributed by atoms with Crippen LogP contribution in [0.1, 0.15) is 6.42 Å². The maximum absolute atomic E-state index is 11.3. The number of carbonyl (C=O) groups is 1. The maximum Gasteiger partial charge on any atom is 0.407 e. The first-order valence-electron chi connectivity index (χ1n) is 6.33. The fourth-order valence-electron chi connectivity index (χ4n) is 2.32. The fraction of sp³-hybridized carbons (Fsp3) is 0.417. The number of rotatable bonds is 3. The summed E-state index contributed by atoms with van der Waals surface area (Å²) < 4.78 is 27.1. The molecule has 5 N–H and O–H groups in total. The number of hydrogen-bond donors (Lipinski definition) is 3. The first-order valence-corrected chi connectivity index (χ1v) is 7.87. The lowest BCUT2D eigenvalue weighted by molar-refractivity contribution is 0.167. The molecule has 0 spiro atoms. The van der Waals surface area contributed by atoms with Gasteiger partial charge in [0.2, 0.25) is 10.0 Å². The topological polar surface area (TPSA) is 128 Å². The van der Waals surface area contributed by atoms with E-state index in [1.54, 1.807) is 6.07 Å². The number of hydrogen-bond acceptors (Lipinski definition) is 6. The van der Waals surface area contributed by atoms with Gasteiger partial charge in [-0.15, -0.1) is 0 Å². The first kappa shape index (κ1) is 15.4. The number of carbonyl (C=O) groups excluding carboxylic acids is 1. The molecule has 1 heterocycles. The van der Waals surface area contributed by atoms with Gasteiger partial charge in [0.15, 0.2) is 0 Å². The molecule has 1 aliphatic rings. The minimum Gasteiger partial charge on any atom is -0.453 e. The van der Waals surface area contributed by atoms with Gasteiger partial charge >= 0.3 is 6.09 Å². The van der Waals surface area contributed by atoms with Crippen LogP contribution in [0, 0.1) is 0 Å². The molecule has 0 saturated carbocycles. The Bertz CT molecular complexity index is 647. The summed E-state index contributed by atoms with van der Waals surface area (Å²) in [5.41, 5.74) is 6.95. The highest BCUT2D eigenvalue weighted by Gasteiger charge is 2.25. The smallest absolute Gasteiger partial charge is 0.407 e. The van der Waals surface area contributed by atoms with E-state index in [2.05, 4.69) is 10.1 Å². The second-order valence-electron chi connectivity index (χ2n) is 4.83. The summed E-state index contributed by atoms with van der Waals surface area (Å²) in [6, 6.07) is 4.35. The lowest BCUT2D eigenvalue weighted by atomic mass is 10.2. The maximum atomic E-state index is 11.3. The molecule has 0 aliphatic carbocycles. The van der Waals surface area contributed by atoms with Crippen molar-refractivity contribution < 1.29 is 17.9 Å². The number of nitrogen functional groups attached to an aromatic ring is 1. The van der Waals surface area contributed by atoms with E-state index in [0.717, 1.165) is 12.1 Å². The third-order valence-corrected chi connectivity index (χ3v) is 4.27. The molecule has 0 bridgehead atoms. The quantitative estimate of drug-likeness (QED) is 0.666. The molecule has 1 amide bonds. The molecule has 116 valence electrons. The van der Waals surface area contributed by atoms with Gasteiger partial charge in [0.1, 0.15) is 0 Å². The largest absolute Gasteiger partial charge is 0.453 e. The zero-order valence-corrected chi connectivity index (χ0v) is 12.4. The average Bonchev–Trinajstić information content (AvgIpc) is 2.85. The summed E-state index contributed by atoms with van der Waals surface area (Å²) >= 11 is 0. The number of nitrogens with zero attached hydrogens (tertiary/aromatic N) is 1. The van der Waals surface area contributed by atoms with Crippen LogP contribution in [-0.2, 0) is 14.8 Å². The molecule has 1 atom stereocenters. The zero-order valence-electron chi connectivity index (χ0n) is 11.6. The van der Waals surface area contributed by atoms with Crippen molar-refractivity contribution in [3.05, 3.63) is 18.2 Å². The number of primary sulfonamides is 1. The van der Waals surface area contributed by atoms with Crippen molar-refractivity contribution in [1.29, 1.82) is 0 Å². The van der Waals surface area contributed by atoms with E-state index in [0.29, 0.717) is 18.8 Å². The average molecular weight is 314 g/mol. The van der Waals surface area contributed by atoms with Crippen molar-refractivity contribution in [1.82, 2.24) is 5.32 Å². The van der Waals surface area contributed by atoms with Crippen LogP contribution in [-0.4, -0.2) is 40.8 Å². The highest BCUT2D eigenvalue weighted by Crippen LogP contribution is 2.28. The lowest BCUT2D eigenvalue weighted by Gasteiger charge is -2.21. The van der Waals surface area contributed by atoms with E-state index >= 15 is 0 Å². The van der Waals surface area contributed by atoms with Crippen LogP contribution < -0.4 is 21.1 Å². The summed E-state index contributed by atoms with van der Waals surface area (Å²) in [5.74, 6) is 0. The Morgan fingerprint density at radius 2 is 2.19 bits per heavy atom. The molecule has 1 aromatic rings. The van der Waals surface area contributed by atoms with Gasteiger partial charge in [-0.3, -0.25) is 0 Å². The summed E-state index contributed by atoms with van der Waals surface area (Å²) in [7, 11) is -2.46. The number of ether oxygens (including phenoxy) is 1. The number of sulfonamides is 1. The van der Waals surface area contributed by atoms with Crippen molar-refractivity contribution >= 4 is 27.5 Å². The highest BCUT2D eigenvalue weighted by atomic mass is 32.2. The van der Waals surface area contributed by atoms with Crippen LogP contribution in [0.25, 0.3) is 0 Å². The molecular weight excluding hydrogens is 296 g/mol. The molecule has 1 saturated heterocycles. The Balaban J connectivity index is 2.12. The Morgan fingerprint density at radius 1 is 1.48 bits per heavy atom. The van der Waals surface area contributed by atoms with Crippen molar-refractivity contribution in [2.24, 2.45) is 5.14 Å². The normalized spacial score (nSPS) is 18.6. The van der Waals surface area contributed by atoms with E-state index in [9.17, 15) is 13.2 Å². The van der Waals surface area contributed by atoms with Gasteiger partial charge in [-0.25, -0.2) is 18.4 Å². The van der Waals surface area contributed by atoms with E-state index in [1.807, 2.05) is 4.90 Å². The molecule has 8 nitrogen and oxygen atoms in total. The van der Waals surface area contributed by atoms with Crippen molar-refractivity contribution in [3.8, 4) is 0 Å². The van der Waals surface area contributed by atoms with Gasteiger partial charge in [0.25, 0.3) is 0 Å². The van der Waals surface area contributed by atoms with E-state index in [1.165, 1.54) is 19.2 Å². The molecule has 0 aromatic heterocycles. The van der Waals surface area contributed by atoms with Crippen molar-refractivity contribution in [2.75, 3.05) is 30.8 Å². The summed E-state index contributed by atoms with van der Waals surface area (Å²) in [4.78, 5) is 13.1. The van der Waals surface area contributed by atoms with Gasteiger partial charge < -0.3 is 20.7 Å². The Hall–Kier alpha value is -2.00. The molecule has 9 heteroatoms. The molecule has 0 radical (unpaired) electrons. The Morgan fingerprint density at radius 3 is 2.76 bits per heavy atom. The van der Waals surface area contributed by atoms with Crippen LogP contribution in [0.4, 0.5) is 16.2 Å². The minimum atomic E-state index is -3.77. The zero-order chi connectivity index (χ0) is 15.6. The Labute approximate surface area is 123 Å². The van der Waals surface area contributed by atoms with Crippen molar-refractivity contribution in [3.63, 3.8) is 0 Å². The van der Waals surface area contributed by atoms with E-state index in [-0.39, 0.29) is 10.9 Å². The van der Waals surface area contributed by atoms with Crippen LogP contribution in [0.2, 0.25) is 0 Å². The van der Waals surface area contributed by atoms with Gasteiger partial charge in [0.05, 0.1) is 29.4 Å².